The van der Waals surface area contributed by atoms with Crippen LogP contribution in [0, 0.1) is 0 Å². The smallest absolute Gasteiger partial charge is 0.129 e. The summed E-state index contributed by atoms with van der Waals surface area (Å²) in [6, 6.07) is 20.6. The van der Waals surface area contributed by atoms with E-state index in [0.29, 0.717) is 5.88 Å². The minimum absolute atomic E-state index is 0.495. The van der Waals surface area contributed by atoms with Crippen molar-refractivity contribution in [2.45, 2.75) is 12.4 Å². The van der Waals surface area contributed by atoms with Gasteiger partial charge in [0.15, 0.2) is 0 Å². The zero-order chi connectivity index (χ0) is 14.7. The summed E-state index contributed by atoms with van der Waals surface area (Å²) in [6.45, 7) is 0.827. The molecular weight excluding hydrogens is 280 g/mol. The van der Waals surface area contributed by atoms with Crippen LogP contribution in [0.1, 0.15) is 11.1 Å². The van der Waals surface area contributed by atoms with E-state index in [2.05, 4.69) is 48.3 Å². The van der Waals surface area contributed by atoms with Crippen molar-refractivity contribution in [3.05, 3.63) is 71.8 Å². The lowest BCUT2D eigenvalue weighted by atomic mass is 10.1. The highest BCUT2D eigenvalue weighted by molar-refractivity contribution is 6.18. The molecule has 0 fully saturated rings. The molecule has 2 aromatic carbocycles. The Labute approximate surface area is 130 Å². The van der Waals surface area contributed by atoms with Crippen LogP contribution in [-0.2, 0) is 12.4 Å². The summed E-state index contributed by atoms with van der Waals surface area (Å²) in [6.07, 6.45) is 0. The van der Waals surface area contributed by atoms with Crippen LogP contribution < -0.4 is 4.90 Å². The molecular formula is C18H17ClN2. The van der Waals surface area contributed by atoms with Gasteiger partial charge >= 0.3 is 0 Å². The number of aromatic nitrogens is 1. The molecule has 0 saturated heterocycles. The normalized spacial score (nSPS) is 10.8. The first-order valence-electron chi connectivity index (χ1n) is 6.97. The highest BCUT2D eigenvalue weighted by Gasteiger charge is 2.08. The lowest BCUT2D eigenvalue weighted by molar-refractivity contribution is 0.901. The van der Waals surface area contributed by atoms with Crippen molar-refractivity contribution < 1.29 is 0 Å². The Balaban J connectivity index is 1.96. The third-order valence-corrected chi connectivity index (χ3v) is 3.87. The molecule has 3 heteroatoms. The van der Waals surface area contributed by atoms with Gasteiger partial charge in [-0.3, -0.25) is 0 Å². The van der Waals surface area contributed by atoms with Crippen LogP contribution in [0.25, 0.3) is 10.9 Å². The Morgan fingerprint density at radius 1 is 1.00 bits per heavy atom. The van der Waals surface area contributed by atoms with Crippen molar-refractivity contribution >= 4 is 28.3 Å². The van der Waals surface area contributed by atoms with E-state index in [1.807, 2.05) is 24.3 Å². The van der Waals surface area contributed by atoms with Gasteiger partial charge in [0.2, 0.25) is 0 Å². The highest BCUT2D eigenvalue weighted by atomic mass is 35.5. The van der Waals surface area contributed by atoms with Crippen LogP contribution in [0.2, 0.25) is 0 Å². The minimum atomic E-state index is 0.495. The molecule has 0 atom stereocenters. The lowest BCUT2D eigenvalue weighted by Crippen LogP contribution is -2.17. The van der Waals surface area contributed by atoms with Gasteiger partial charge in [-0.15, -0.1) is 11.6 Å². The number of hydrogen-bond acceptors (Lipinski definition) is 2. The maximum Gasteiger partial charge on any atom is 0.129 e. The summed E-state index contributed by atoms with van der Waals surface area (Å²) >= 11 is 6.10. The minimum Gasteiger partial charge on any atom is -0.355 e. The number of anilines is 1. The monoisotopic (exact) mass is 296 g/mol. The number of alkyl halides is 1. The summed E-state index contributed by atoms with van der Waals surface area (Å²) in [5, 5.41) is 1.13. The molecule has 1 heterocycles. The molecule has 0 unspecified atom stereocenters. The Kier molecular flexibility index (Phi) is 4.07. The van der Waals surface area contributed by atoms with E-state index in [0.717, 1.165) is 28.8 Å². The molecule has 0 aliphatic heterocycles. The Morgan fingerprint density at radius 3 is 2.48 bits per heavy atom. The van der Waals surface area contributed by atoms with Crippen LogP contribution in [0.3, 0.4) is 0 Å². The van der Waals surface area contributed by atoms with Crippen LogP contribution in [0.15, 0.2) is 60.7 Å². The van der Waals surface area contributed by atoms with E-state index in [9.17, 15) is 0 Å². The fraction of sp³-hybridized carbons (Fsp3) is 0.167. The Hall–Kier alpha value is -2.06. The lowest BCUT2D eigenvalue weighted by Gasteiger charge is -2.20. The summed E-state index contributed by atoms with van der Waals surface area (Å²) in [5.41, 5.74) is 3.38. The van der Waals surface area contributed by atoms with E-state index >= 15 is 0 Å². The Morgan fingerprint density at radius 2 is 1.71 bits per heavy atom. The van der Waals surface area contributed by atoms with Gasteiger partial charge in [0.05, 0.1) is 5.52 Å². The summed E-state index contributed by atoms with van der Waals surface area (Å²) in [5.74, 6) is 1.45. The van der Waals surface area contributed by atoms with Crippen LogP contribution >= 0.6 is 11.6 Å². The Bertz CT molecular complexity index is 741. The van der Waals surface area contributed by atoms with Gasteiger partial charge < -0.3 is 4.90 Å². The molecule has 0 aliphatic rings. The van der Waals surface area contributed by atoms with Crippen molar-refractivity contribution in [1.82, 2.24) is 4.98 Å². The molecule has 2 nitrogen and oxygen atoms in total. The number of nitrogens with zero attached hydrogens (tertiary/aromatic N) is 2. The van der Waals surface area contributed by atoms with Gasteiger partial charge in [-0.1, -0.05) is 48.5 Å². The predicted molar refractivity (Wildman–Crippen MR) is 89.8 cm³/mol. The van der Waals surface area contributed by atoms with Crippen LogP contribution in [-0.4, -0.2) is 12.0 Å². The highest BCUT2D eigenvalue weighted by Crippen LogP contribution is 2.24. The van der Waals surface area contributed by atoms with Gasteiger partial charge in [-0.25, -0.2) is 4.98 Å². The van der Waals surface area contributed by atoms with E-state index in [1.165, 1.54) is 5.56 Å². The standard InChI is InChI=1S/C18H17ClN2/c1-21(13-14-7-3-2-4-8-14)18-11-15(12-19)16-9-5-6-10-17(16)20-18/h2-11H,12-13H2,1H3. The molecule has 3 aromatic rings. The first-order chi connectivity index (χ1) is 10.3. The maximum atomic E-state index is 6.10. The molecule has 0 N–H and O–H groups in total. The fourth-order valence-electron chi connectivity index (χ4n) is 2.48. The second kappa shape index (κ2) is 6.15. The first-order valence-corrected chi connectivity index (χ1v) is 7.51. The molecule has 1 aromatic heterocycles. The van der Waals surface area contributed by atoms with Crippen LogP contribution in [0.5, 0.6) is 0 Å². The van der Waals surface area contributed by atoms with Gasteiger partial charge in [-0.2, -0.15) is 0 Å². The largest absolute Gasteiger partial charge is 0.355 e. The van der Waals surface area contributed by atoms with E-state index in [-0.39, 0.29) is 0 Å². The zero-order valence-electron chi connectivity index (χ0n) is 12.0. The molecule has 0 spiro atoms. The van der Waals surface area contributed by atoms with Crippen molar-refractivity contribution in [2.75, 3.05) is 11.9 Å². The second-order valence-corrected chi connectivity index (χ2v) is 5.40. The quantitative estimate of drug-likeness (QED) is 0.654. The summed E-state index contributed by atoms with van der Waals surface area (Å²) < 4.78 is 0. The second-order valence-electron chi connectivity index (χ2n) is 5.13. The number of para-hydroxylation sites is 1. The number of halogens is 1. The average molecular weight is 297 g/mol. The molecule has 0 amide bonds. The van der Waals surface area contributed by atoms with Gasteiger partial charge in [0, 0.05) is 24.9 Å². The number of benzene rings is 2. The fourth-order valence-corrected chi connectivity index (χ4v) is 2.70. The van der Waals surface area contributed by atoms with Gasteiger partial charge in [0.25, 0.3) is 0 Å². The van der Waals surface area contributed by atoms with E-state index in [4.69, 9.17) is 16.6 Å². The van der Waals surface area contributed by atoms with Crippen molar-refractivity contribution in [1.29, 1.82) is 0 Å². The summed E-state index contributed by atoms with van der Waals surface area (Å²) in [7, 11) is 2.06. The topological polar surface area (TPSA) is 16.1 Å². The zero-order valence-corrected chi connectivity index (χ0v) is 12.7. The van der Waals surface area contributed by atoms with Crippen molar-refractivity contribution in [3.8, 4) is 0 Å². The van der Waals surface area contributed by atoms with Gasteiger partial charge in [-0.05, 0) is 23.3 Å². The molecule has 21 heavy (non-hydrogen) atoms. The molecule has 0 bridgehead atoms. The number of rotatable bonds is 4. The molecule has 106 valence electrons. The van der Waals surface area contributed by atoms with Crippen molar-refractivity contribution in [2.24, 2.45) is 0 Å². The first kappa shape index (κ1) is 13.9. The van der Waals surface area contributed by atoms with E-state index in [1.54, 1.807) is 0 Å². The maximum absolute atomic E-state index is 6.10. The van der Waals surface area contributed by atoms with Gasteiger partial charge in [0.1, 0.15) is 5.82 Å². The predicted octanol–water partition coefficient (Wildman–Crippen LogP) is 4.61. The number of hydrogen-bond donors (Lipinski definition) is 0. The SMILES string of the molecule is CN(Cc1ccccc1)c1cc(CCl)c2ccccc2n1. The number of fused-ring (bicyclic) bond motifs is 1. The third-order valence-electron chi connectivity index (χ3n) is 3.59. The van der Waals surface area contributed by atoms with Crippen LogP contribution in [0.4, 0.5) is 5.82 Å². The van der Waals surface area contributed by atoms with Crippen molar-refractivity contribution in [3.63, 3.8) is 0 Å². The molecule has 3 rings (SSSR count). The molecule has 0 aliphatic carbocycles. The molecule has 0 radical (unpaired) electrons. The third kappa shape index (κ3) is 3.01. The molecule has 0 saturated carbocycles. The number of pyridine rings is 1. The summed E-state index contributed by atoms with van der Waals surface area (Å²) in [4.78, 5) is 6.90. The average Bonchev–Trinajstić information content (AvgIpc) is 2.54. The van der Waals surface area contributed by atoms with E-state index < -0.39 is 0 Å².